The lowest BCUT2D eigenvalue weighted by Gasteiger charge is -2.20. The third-order valence-electron chi connectivity index (χ3n) is 4.22. The molecule has 27 heavy (non-hydrogen) atoms. The number of halogens is 1. The van der Waals surface area contributed by atoms with E-state index in [0.29, 0.717) is 27.6 Å². The standard InChI is InChI=1S/C19H22ClN5O2/c1-12-22-17-13(11-21-25(17)19(2,3)4)18(27)24(12)10-9-16(26)23-15-8-6-5-7-14(15)20/h5-8,11H,9-10H2,1-4H3,(H,23,26). The average molecular weight is 388 g/mol. The van der Waals surface area contributed by atoms with Crippen LogP contribution in [-0.4, -0.2) is 25.2 Å². The van der Waals surface area contributed by atoms with Crippen molar-refractivity contribution in [1.82, 2.24) is 19.3 Å². The fourth-order valence-corrected chi connectivity index (χ4v) is 3.03. The number of benzene rings is 1. The molecule has 8 heteroatoms. The molecule has 3 aromatic rings. The van der Waals surface area contributed by atoms with Crippen LogP contribution in [0.5, 0.6) is 0 Å². The van der Waals surface area contributed by atoms with Gasteiger partial charge in [-0.3, -0.25) is 14.2 Å². The number of nitrogens with one attached hydrogen (secondary N) is 1. The lowest BCUT2D eigenvalue weighted by molar-refractivity contribution is -0.116. The minimum Gasteiger partial charge on any atom is -0.325 e. The number of carbonyl (C=O) groups is 1. The van der Waals surface area contributed by atoms with Crippen LogP contribution in [0.4, 0.5) is 5.69 Å². The van der Waals surface area contributed by atoms with Crippen molar-refractivity contribution in [2.75, 3.05) is 5.32 Å². The predicted molar refractivity (Wildman–Crippen MR) is 106 cm³/mol. The fraction of sp³-hybridized carbons (Fsp3) is 0.368. The molecule has 2 aromatic heterocycles. The molecule has 0 aliphatic carbocycles. The molecular formula is C19H22ClN5O2. The highest BCUT2D eigenvalue weighted by atomic mass is 35.5. The molecule has 0 aliphatic heterocycles. The van der Waals surface area contributed by atoms with Crippen LogP contribution in [0.25, 0.3) is 11.0 Å². The van der Waals surface area contributed by atoms with Gasteiger partial charge >= 0.3 is 0 Å². The Kier molecular flexibility index (Phi) is 5.06. The first-order chi connectivity index (χ1) is 12.7. The number of para-hydroxylation sites is 1. The van der Waals surface area contributed by atoms with Crippen LogP contribution in [0.3, 0.4) is 0 Å². The van der Waals surface area contributed by atoms with E-state index in [4.69, 9.17) is 11.6 Å². The van der Waals surface area contributed by atoms with Crippen molar-refractivity contribution in [3.63, 3.8) is 0 Å². The van der Waals surface area contributed by atoms with Crippen LogP contribution in [0.2, 0.25) is 5.02 Å². The number of rotatable bonds is 4. The molecule has 2 heterocycles. The van der Waals surface area contributed by atoms with Crippen LogP contribution in [0.1, 0.15) is 33.0 Å². The van der Waals surface area contributed by atoms with Crippen molar-refractivity contribution >= 4 is 34.2 Å². The zero-order chi connectivity index (χ0) is 19.8. The fourth-order valence-electron chi connectivity index (χ4n) is 2.85. The molecule has 1 aromatic carbocycles. The van der Waals surface area contributed by atoms with E-state index in [1.165, 1.54) is 10.8 Å². The second kappa shape index (κ2) is 7.15. The Labute approximate surface area is 162 Å². The third kappa shape index (κ3) is 3.88. The Bertz CT molecular complexity index is 1060. The SMILES string of the molecule is Cc1nc2c(cnn2C(C)(C)C)c(=O)n1CCC(=O)Nc1ccccc1Cl. The van der Waals surface area contributed by atoms with Crippen LogP contribution in [0, 0.1) is 6.92 Å². The molecule has 0 unspecified atom stereocenters. The second-order valence-electron chi connectivity index (χ2n) is 7.36. The lowest BCUT2D eigenvalue weighted by atomic mass is 10.1. The van der Waals surface area contributed by atoms with Gasteiger partial charge in [-0.15, -0.1) is 0 Å². The van der Waals surface area contributed by atoms with Gasteiger partial charge in [-0.2, -0.15) is 5.10 Å². The molecule has 142 valence electrons. The molecule has 7 nitrogen and oxygen atoms in total. The summed E-state index contributed by atoms with van der Waals surface area (Å²) < 4.78 is 3.24. The zero-order valence-corrected chi connectivity index (χ0v) is 16.5. The van der Waals surface area contributed by atoms with Gasteiger partial charge in [0, 0.05) is 13.0 Å². The number of aryl methyl sites for hydroxylation is 1. The third-order valence-corrected chi connectivity index (χ3v) is 4.55. The molecule has 0 bridgehead atoms. The molecular weight excluding hydrogens is 366 g/mol. The van der Waals surface area contributed by atoms with E-state index in [-0.39, 0.29) is 30.0 Å². The summed E-state index contributed by atoms with van der Waals surface area (Å²) >= 11 is 6.05. The number of anilines is 1. The first kappa shape index (κ1) is 19.1. The molecule has 3 rings (SSSR count). The van der Waals surface area contributed by atoms with E-state index >= 15 is 0 Å². The second-order valence-corrected chi connectivity index (χ2v) is 7.77. The summed E-state index contributed by atoms with van der Waals surface area (Å²) in [6.07, 6.45) is 1.67. The van der Waals surface area contributed by atoms with E-state index in [2.05, 4.69) is 15.4 Å². The summed E-state index contributed by atoms with van der Waals surface area (Å²) in [5.41, 5.74) is 0.628. The molecule has 0 fully saturated rings. The van der Waals surface area contributed by atoms with Gasteiger partial charge in [0.1, 0.15) is 11.2 Å². The van der Waals surface area contributed by atoms with E-state index in [9.17, 15) is 9.59 Å². The molecule has 0 atom stereocenters. The Balaban J connectivity index is 1.82. The lowest BCUT2D eigenvalue weighted by Crippen LogP contribution is -2.28. The Morgan fingerprint density at radius 3 is 2.63 bits per heavy atom. The molecule has 0 radical (unpaired) electrons. The Hall–Kier alpha value is -2.67. The number of aromatic nitrogens is 4. The highest BCUT2D eigenvalue weighted by Crippen LogP contribution is 2.21. The Morgan fingerprint density at radius 2 is 1.96 bits per heavy atom. The zero-order valence-electron chi connectivity index (χ0n) is 15.8. The van der Waals surface area contributed by atoms with Crippen LogP contribution in [-0.2, 0) is 16.9 Å². The first-order valence-corrected chi connectivity index (χ1v) is 9.06. The van der Waals surface area contributed by atoms with Crippen LogP contribution in [0.15, 0.2) is 35.3 Å². The highest BCUT2D eigenvalue weighted by Gasteiger charge is 2.21. The first-order valence-electron chi connectivity index (χ1n) is 8.68. The average Bonchev–Trinajstić information content (AvgIpc) is 3.01. The predicted octanol–water partition coefficient (Wildman–Crippen LogP) is 3.34. The minimum atomic E-state index is -0.283. The molecule has 0 saturated heterocycles. The molecule has 1 amide bonds. The van der Waals surface area contributed by atoms with Gasteiger partial charge in [0.15, 0.2) is 5.65 Å². The van der Waals surface area contributed by atoms with Gasteiger partial charge in [-0.1, -0.05) is 23.7 Å². The van der Waals surface area contributed by atoms with Crippen molar-refractivity contribution in [1.29, 1.82) is 0 Å². The van der Waals surface area contributed by atoms with E-state index in [1.807, 2.05) is 20.8 Å². The van der Waals surface area contributed by atoms with E-state index < -0.39 is 0 Å². The quantitative estimate of drug-likeness (QED) is 0.744. The normalized spacial score (nSPS) is 11.7. The molecule has 0 spiro atoms. The summed E-state index contributed by atoms with van der Waals surface area (Å²) in [6, 6.07) is 7.02. The molecule has 0 aliphatic rings. The van der Waals surface area contributed by atoms with Gasteiger partial charge in [0.25, 0.3) is 5.56 Å². The van der Waals surface area contributed by atoms with Gasteiger partial charge in [0.2, 0.25) is 5.91 Å². The molecule has 1 N–H and O–H groups in total. The number of amides is 1. The number of nitrogens with zero attached hydrogens (tertiary/aromatic N) is 4. The van der Waals surface area contributed by atoms with Crippen molar-refractivity contribution in [2.45, 2.75) is 46.2 Å². The topological polar surface area (TPSA) is 81.8 Å². The summed E-state index contributed by atoms with van der Waals surface area (Å²) in [7, 11) is 0. The smallest absolute Gasteiger partial charge is 0.264 e. The summed E-state index contributed by atoms with van der Waals surface area (Å²) in [4.78, 5) is 29.6. The maximum Gasteiger partial charge on any atom is 0.264 e. The van der Waals surface area contributed by atoms with Crippen molar-refractivity contribution in [3.8, 4) is 0 Å². The van der Waals surface area contributed by atoms with Crippen molar-refractivity contribution in [2.24, 2.45) is 0 Å². The number of carbonyl (C=O) groups excluding carboxylic acids is 1. The van der Waals surface area contributed by atoms with Crippen LogP contribution >= 0.6 is 11.6 Å². The van der Waals surface area contributed by atoms with Gasteiger partial charge in [-0.05, 0) is 39.8 Å². The number of fused-ring (bicyclic) bond motifs is 1. The number of hydrogen-bond acceptors (Lipinski definition) is 4. The maximum atomic E-state index is 12.8. The van der Waals surface area contributed by atoms with E-state index in [0.717, 1.165) is 0 Å². The monoisotopic (exact) mass is 387 g/mol. The minimum absolute atomic E-state index is 0.132. The summed E-state index contributed by atoms with van der Waals surface area (Å²) in [5, 5.41) is 7.99. The summed E-state index contributed by atoms with van der Waals surface area (Å²) in [6.45, 7) is 7.99. The van der Waals surface area contributed by atoms with Crippen LogP contribution < -0.4 is 10.9 Å². The maximum absolute atomic E-state index is 12.8. The van der Waals surface area contributed by atoms with Gasteiger partial charge < -0.3 is 5.32 Å². The van der Waals surface area contributed by atoms with Gasteiger partial charge in [0.05, 0.1) is 22.4 Å². The number of hydrogen-bond donors (Lipinski definition) is 1. The highest BCUT2D eigenvalue weighted by molar-refractivity contribution is 6.33. The molecule has 0 saturated carbocycles. The van der Waals surface area contributed by atoms with E-state index in [1.54, 1.807) is 35.9 Å². The Morgan fingerprint density at radius 1 is 1.26 bits per heavy atom. The summed E-state index contributed by atoms with van der Waals surface area (Å²) in [5.74, 6) is 0.323. The van der Waals surface area contributed by atoms with Crippen molar-refractivity contribution < 1.29 is 4.79 Å². The largest absolute Gasteiger partial charge is 0.325 e. The van der Waals surface area contributed by atoms with Crippen molar-refractivity contribution in [3.05, 3.63) is 51.7 Å². The van der Waals surface area contributed by atoms with Gasteiger partial charge in [-0.25, -0.2) is 9.67 Å².